The predicted octanol–water partition coefficient (Wildman–Crippen LogP) is 1.74. The number of rotatable bonds is 6. The molecular formula is C11H15NO4S. The molecule has 1 atom stereocenters. The van der Waals surface area contributed by atoms with E-state index in [1.807, 2.05) is 6.26 Å². The van der Waals surface area contributed by atoms with Gasteiger partial charge in [0.15, 0.2) is 5.76 Å². The van der Waals surface area contributed by atoms with Crippen molar-refractivity contribution in [3.8, 4) is 0 Å². The van der Waals surface area contributed by atoms with Gasteiger partial charge in [-0.05, 0) is 24.8 Å². The average molecular weight is 257 g/mol. The van der Waals surface area contributed by atoms with Crippen LogP contribution in [0.3, 0.4) is 0 Å². The lowest BCUT2D eigenvalue weighted by Gasteiger charge is -2.10. The Hall–Kier alpha value is -1.43. The minimum atomic E-state index is -1.04. The molecule has 1 amide bonds. The molecule has 1 rings (SSSR count). The molecule has 0 aromatic carbocycles. The van der Waals surface area contributed by atoms with Crippen LogP contribution in [0.2, 0.25) is 0 Å². The van der Waals surface area contributed by atoms with Crippen LogP contribution in [0.25, 0.3) is 0 Å². The molecule has 6 heteroatoms. The molecule has 1 aromatic heterocycles. The largest absolute Gasteiger partial charge is 0.480 e. The maximum atomic E-state index is 11.7. The zero-order valence-electron chi connectivity index (χ0n) is 9.73. The number of furan rings is 1. The van der Waals surface area contributed by atoms with Gasteiger partial charge < -0.3 is 14.8 Å². The van der Waals surface area contributed by atoms with Crippen LogP contribution in [0.5, 0.6) is 0 Å². The van der Waals surface area contributed by atoms with Crippen LogP contribution in [0, 0.1) is 0 Å². The summed E-state index contributed by atoms with van der Waals surface area (Å²) in [6.07, 6.45) is 2.26. The lowest BCUT2D eigenvalue weighted by atomic mass is 10.2. The fourth-order valence-corrected chi connectivity index (χ4v) is 1.73. The van der Waals surface area contributed by atoms with E-state index in [9.17, 15) is 9.59 Å². The van der Waals surface area contributed by atoms with Crippen molar-refractivity contribution in [1.82, 2.24) is 5.32 Å². The van der Waals surface area contributed by atoms with Crippen molar-refractivity contribution < 1.29 is 19.1 Å². The molecule has 0 bridgehead atoms. The molecule has 5 nitrogen and oxygen atoms in total. The number of carboxylic acids is 1. The Kier molecular flexibility index (Phi) is 5.09. The summed E-state index contributed by atoms with van der Waals surface area (Å²) < 4.78 is 5.29. The van der Waals surface area contributed by atoms with Crippen molar-refractivity contribution in [3.63, 3.8) is 0 Å². The number of aliphatic carboxylic acids is 1. The molecule has 17 heavy (non-hydrogen) atoms. The molecule has 1 aromatic rings. The second-order valence-electron chi connectivity index (χ2n) is 3.47. The van der Waals surface area contributed by atoms with Crippen molar-refractivity contribution in [2.45, 2.75) is 25.1 Å². The summed E-state index contributed by atoms with van der Waals surface area (Å²) in [6.45, 7) is 1.69. The average Bonchev–Trinajstić information content (AvgIpc) is 2.74. The first-order valence-electron chi connectivity index (χ1n) is 5.19. The minimum absolute atomic E-state index is 0.147. The Morgan fingerprint density at radius 1 is 1.53 bits per heavy atom. The van der Waals surface area contributed by atoms with Gasteiger partial charge in [-0.25, -0.2) is 4.79 Å². The number of hydrogen-bond donors (Lipinski definition) is 2. The molecule has 94 valence electrons. The molecule has 2 N–H and O–H groups in total. The number of carbonyl (C=O) groups excluding carboxylic acids is 1. The lowest BCUT2D eigenvalue weighted by Crippen LogP contribution is -2.40. The van der Waals surface area contributed by atoms with Crippen molar-refractivity contribution >= 4 is 23.6 Å². The Labute approximate surface area is 104 Å². The minimum Gasteiger partial charge on any atom is -0.480 e. The molecule has 0 unspecified atom stereocenters. The highest BCUT2D eigenvalue weighted by Crippen LogP contribution is 2.13. The molecule has 0 saturated carbocycles. The Morgan fingerprint density at radius 2 is 2.24 bits per heavy atom. The normalized spacial score (nSPS) is 12.1. The molecule has 0 aliphatic carbocycles. The summed E-state index contributed by atoms with van der Waals surface area (Å²) in [7, 11) is 0. The number of amides is 1. The van der Waals surface area contributed by atoms with Crippen LogP contribution in [0.15, 0.2) is 16.5 Å². The highest BCUT2D eigenvalue weighted by Gasteiger charge is 2.20. The zero-order valence-corrected chi connectivity index (χ0v) is 10.5. The molecule has 0 aliphatic rings. The zero-order chi connectivity index (χ0) is 12.8. The molecule has 0 saturated heterocycles. The Morgan fingerprint density at radius 3 is 2.76 bits per heavy atom. The van der Waals surface area contributed by atoms with Crippen LogP contribution < -0.4 is 5.32 Å². The van der Waals surface area contributed by atoms with Gasteiger partial charge in [0.25, 0.3) is 5.91 Å². The topological polar surface area (TPSA) is 79.5 Å². The Balaban J connectivity index is 2.65. The van der Waals surface area contributed by atoms with E-state index in [0.29, 0.717) is 17.9 Å². The number of carboxylic acid groups (broad SMARTS) is 1. The van der Waals surface area contributed by atoms with Gasteiger partial charge >= 0.3 is 5.97 Å². The van der Waals surface area contributed by atoms with Gasteiger partial charge in [-0.3, -0.25) is 4.79 Å². The fourth-order valence-electron chi connectivity index (χ4n) is 1.29. The number of hydrogen-bond acceptors (Lipinski definition) is 4. The number of carbonyl (C=O) groups is 2. The van der Waals surface area contributed by atoms with Crippen molar-refractivity contribution in [2.24, 2.45) is 0 Å². The third-order valence-electron chi connectivity index (χ3n) is 2.18. The van der Waals surface area contributed by atoms with Crippen LogP contribution in [-0.2, 0) is 10.5 Å². The van der Waals surface area contributed by atoms with Gasteiger partial charge in [0, 0.05) is 0 Å². The molecule has 0 radical (unpaired) electrons. The second-order valence-corrected chi connectivity index (χ2v) is 4.34. The van der Waals surface area contributed by atoms with Crippen LogP contribution in [0.1, 0.15) is 29.7 Å². The van der Waals surface area contributed by atoms with E-state index in [1.165, 1.54) is 0 Å². The van der Waals surface area contributed by atoms with Crippen LogP contribution >= 0.6 is 11.8 Å². The number of nitrogens with one attached hydrogen (secondary N) is 1. The highest BCUT2D eigenvalue weighted by atomic mass is 32.2. The van der Waals surface area contributed by atoms with Crippen LogP contribution in [-0.4, -0.2) is 29.3 Å². The van der Waals surface area contributed by atoms with Gasteiger partial charge in [-0.1, -0.05) is 6.92 Å². The summed E-state index contributed by atoms with van der Waals surface area (Å²) in [5, 5.41) is 11.2. The van der Waals surface area contributed by atoms with E-state index in [1.54, 1.807) is 30.8 Å². The summed E-state index contributed by atoms with van der Waals surface area (Å²) >= 11 is 1.58. The van der Waals surface area contributed by atoms with E-state index >= 15 is 0 Å². The predicted molar refractivity (Wildman–Crippen MR) is 65.1 cm³/mol. The van der Waals surface area contributed by atoms with Gasteiger partial charge in [0.2, 0.25) is 0 Å². The molecule has 0 spiro atoms. The standard InChI is InChI=1S/C11H15NO4S/c1-3-8(11(14)15)12-10(13)9-5-4-7(16-9)6-17-2/h4-5,8H,3,6H2,1-2H3,(H,12,13)(H,14,15)/t8-/m0/s1. The maximum Gasteiger partial charge on any atom is 0.326 e. The van der Waals surface area contributed by atoms with Gasteiger partial charge in [0.1, 0.15) is 11.8 Å². The second kappa shape index (κ2) is 6.34. The van der Waals surface area contributed by atoms with E-state index in [2.05, 4.69) is 5.32 Å². The first kappa shape index (κ1) is 13.6. The van der Waals surface area contributed by atoms with Crippen LogP contribution in [0.4, 0.5) is 0 Å². The Bertz CT molecular complexity index is 402. The third kappa shape index (κ3) is 3.81. The van der Waals surface area contributed by atoms with Gasteiger partial charge in [0.05, 0.1) is 5.75 Å². The maximum absolute atomic E-state index is 11.7. The summed E-state index contributed by atoms with van der Waals surface area (Å²) in [6, 6.07) is 2.39. The molecule has 0 fully saturated rings. The van der Waals surface area contributed by atoms with Gasteiger partial charge in [-0.2, -0.15) is 11.8 Å². The van der Waals surface area contributed by atoms with Crippen molar-refractivity contribution in [2.75, 3.05) is 6.26 Å². The summed E-state index contributed by atoms with van der Waals surface area (Å²) in [5.41, 5.74) is 0. The third-order valence-corrected chi connectivity index (χ3v) is 2.76. The summed E-state index contributed by atoms with van der Waals surface area (Å²) in [5.74, 6) is -0.00761. The molecular weight excluding hydrogens is 242 g/mol. The molecule has 0 aliphatic heterocycles. The van der Waals surface area contributed by atoms with E-state index in [-0.39, 0.29) is 5.76 Å². The fraction of sp³-hybridized carbons (Fsp3) is 0.455. The van der Waals surface area contributed by atoms with Crippen molar-refractivity contribution in [3.05, 3.63) is 23.7 Å². The molecule has 1 heterocycles. The highest BCUT2D eigenvalue weighted by molar-refractivity contribution is 7.97. The SMILES string of the molecule is CC[C@H](NC(=O)c1ccc(CSC)o1)C(=O)O. The van der Waals surface area contributed by atoms with Gasteiger partial charge in [-0.15, -0.1) is 0 Å². The van der Waals surface area contributed by atoms with E-state index in [4.69, 9.17) is 9.52 Å². The number of thioether (sulfide) groups is 1. The van der Waals surface area contributed by atoms with Crippen molar-refractivity contribution in [1.29, 1.82) is 0 Å². The van der Waals surface area contributed by atoms with E-state index < -0.39 is 17.9 Å². The first-order chi connectivity index (χ1) is 8.08. The lowest BCUT2D eigenvalue weighted by molar-refractivity contribution is -0.139. The van der Waals surface area contributed by atoms with E-state index in [0.717, 1.165) is 0 Å². The summed E-state index contributed by atoms with van der Waals surface area (Å²) in [4.78, 5) is 22.4. The first-order valence-corrected chi connectivity index (χ1v) is 6.59. The quantitative estimate of drug-likeness (QED) is 0.811. The smallest absolute Gasteiger partial charge is 0.326 e. The monoisotopic (exact) mass is 257 g/mol.